The molecule has 7 heteroatoms. The average Bonchev–Trinajstić information content (AvgIpc) is 2.82. The Labute approximate surface area is 180 Å². The first-order valence-corrected chi connectivity index (χ1v) is 9.59. The SMILES string of the molecule is COC(=O)CNC(=O)c1ccc(NC(=O)c2ccccc2COc2ccccc2)cc1. The van der Waals surface area contributed by atoms with Crippen molar-refractivity contribution in [2.75, 3.05) is 19.0 Å². The third-order valence-electron chi connectivity index (χ3n) is 4.43. The number of hydrogen-bond donors (Lipinski definition) is 2. The molecule has 0 aliphatic carbocycles. The van der Waals surface area contributed by atoms with Crippen LogP contribution in [0.15, 0.2) is 78.9 Å². The normalized spacial score (nSPS) is 10.1. The summed E-state index contributed by atoms with van der Waals surface area (Å²) in [4.78, 5) is 35.9. The molecule has 0 aliphatic heterocycles. The van der Waals surface area contributed by atoms with E-state index in [1.54, 1.807) is 36.4 Å². The zero-order chi connectivity index (χ0) is 22.1. The van der Waals surface area contributed by atoms with Gasteiger partial charge >= 0.3 is 5.97 Å². The van der Waals surface area contributed by atoms with Gasteiger partial charge in [0.25, 0.3) is 11.8 Å². The van der Waals surface area contributed by atoms with Gasteiger partial charge in [-0.05, 0) is 42.5 Å². The van der Waals surface area contributed by atoms with Gasteiger partial charge in [0.1, 0.15) is 18.9 Å². The van der Waals surface area contributed by atoms with Gasteiger partial charge in [0.2, 0.25) is 0 Å². The summed E-state index contributed by atoms with van der Waals surface area (Å²) in [6.07, 6.45) is 0. The van der Waals surface area contributed by atoms with Crippen LogP contribution in [0.25, 0.3) is 0 Å². The van der Waals surface area contributed by atoms with E-state index in [2.05, 4.69) is 15.4 Å². The number of hydrogen-bond acceptors (Lipinski definition) is 5. The Balaban J connectivity index is 1.62. The molecule has 7 nitrogen and oxygen atoms in total. The van der Waals surface area contributed by atoms with E-state index in [0.29, 0.717) is 16.8 Å². The lowest BCUT2D eigenvalue weighted by molar-refractivity contribution is -0.139. The molecule has 0 saturated heterocycles. The predicted octanol–water partition coefficient (Wildman–Crippen LogP) is 3.42. The second kappa shape index (κ2) is 10.6. The standard InChI is InChI=1S/C24H22N2O5/c1-30-22(27)15-25-23(28)17-11-13-19(14-12-17)26-24(29)21-10-6-5-7-18(21)16-31-20-8-3-2-4-9-20/h2-14H,15-16H2,1H3,(H,25,28)(H,26,29). The number of methoxy groups -OCH3 is 1. The van der Waals surface area contributed by atoms with E-state index in [9.17, 15) is 14.4 Å². The number of carbonyl (C=O) groups is 3. The van der Waals surface area contributed by atoms with Gasteiger partial charge in [0.05, 0.1) is 7.11 Å². The molecule has 0 spiro atoms. The number of rotatable bonds is 8. The fourth-order valence-electron chi connectivity index (χ4n) is 2.78. The minimum atomic E-state index is -0.535. The zero-order valence-corrected chi connectivity index (χ0v) is 17.0. The highest BCUT2D eigenvalue weighted by Crippen LogP contribution is 2.17. The van der Waals surface area contributed by atoms with E-state index in [1.807, 2.05) is 42.5 Å². The van der Waals surface area contributed by atoms with Crippen molar-refractivity contribution < 1.29 is 23.9 Å². The van der Waals surface area contributed by atoms with Crippen LogP contribution in [0.4, 0.5) is 5.69 Å². The predicted molar refractivity (Wildman–Crippen MR) is 116 cm³/mol. The highest BCUT2D eigenvalue weighted by Gasteiger charge is 2.13. The van der Waals surface area contributed by atoms with Crippen LogP contribution in [-0.2, 0) is 16.1 Å². The lowest BCUT2D eigenvalue weighted by Gasteiger charge is -2.12. The van der Waals surface area contributed by atoms with Gasteiger partial charge in [-0.1, -0.05) is 36.4 Å². The van der Waals surface area contributed by atoms with E-state index in [-0.39, 0.29) is 19.1 Å². The van der Waals surface area contributed by atoms with Crippen molar-refractivity contribution in [3.63, 3.8) is 0 Å². The summed E-state index contributed by atoms with van der Waals surface area (Å²) in [5, 5.41) is 5.28. The zero-order valence-electron chi connectivity index (χ0n) is 17.0. The Morgan fingerprint density at radius 1 is 0.806 bits per heavy atom. The quantitative estimate of drug-likeness (QED) is 0.547. The molecule has 0 bridgehead atoms. The first kappa shape index (κ1) is 21.6. The Hall–Kier alpha value is -4.13. The summed E-state index contributed by atoms with van der Waals surface area (Å²) >= 11 is 0. The Kier molecular flexibility index (Phi) is 7.37. The van der Waals surface area contributed by atoms with Gasteiger partial charge in [-0.15, -0.1) is 0 Å². The fraction of sp³-hybridized carbons (Fsp3) is 0.125. The van der Waals surface area contributed by atoms with Crippen LogP contribution in [0.1, 0.15) is 26.3 Å². The van der Waals surface area contributed by atoms with Crippen LogP contribution in [-0.4, -0.2) is 31.4 Å². The van der Waals surface area contributed by atoms with Crippen LogP contribution in [0.3, 0.4) is 0 Å². The molecule has 0 aromatic heterocycles. The minimum absolute atomic E-state index is 0.213. The first-order valence-electron chi connectivity index (χ1n) is 9.59. The smallest absolute Gasteiger partial charge is 0.325 e. The lowest BCUT2D eigenvalue weighted by atomic mass is 10.1. The molecule has 0 heterocycles. The van der Waals surface area contributed by atoms with Crippen molar-refractivity contribution >= 4 is 23.5 Å². The van der Waals surface area contributed by atoms with Gasteiger partial charge in [0, 0.05) is 22.4 Å². The Morgan fingerprint density at radius 2 is 1.48 bits per heavy atom. The van der Waals surface area contributed by atoms with Crippen LogP contribution in [0, 0.1) is 0 Å². The van der Waals surface area contributed by atoms with E-state index in [1.165, 1.54) is 7.11 Å². The van der Waals surface area contributed by atoms with E-state index in [4.69, 9.17) is 4.74 Å². The lowest BCUT2D eigenvalue weighted by Crippen LogP contribution is -2.30. The van der Waals surface area contributed by atoms with Crippen LogP contribution in [0.5, 0.6) is 5.75 Å². The molecule has 2 N–H and O–H groups in total. The third-order valence-corrected chi connectivity index (χ3v) is 4.43. The van der Waals surface area contributed by atoms with Crippen molar-refractivity contribution in [1.29, 1.82) is 0 Å². The van der Waals surface area contributed by atoms with E-state index < -0.39 is 11.9 Å². The molecule has 3 rings (SSSR count). The number of nitrogens with one attached hydrogen (secondary N) is 2. The number of para-hydroxylation sites is 1. The number of esters is 1. The molecule has 158 valence electrons. The molecule has 2 amide bonds. The largest absolute Gasteiger partial charge is 0.489 e. The molecular weight excluding hydrogens is 396 g/mol. The average molecular weight is 418 g/mol. The number of carbonyl (C=O) groups excluding carboxylic acids is 3. The van der Waals surface area contributed by atoms with Gasteiger partial charge in [-0.2, -0.15) is 0 Å². The molecular formula is C24H22N2O5. The maximum absolute atomic E-state index is 12.8. The van der Waals surface area contributed by atoms with Gasteiger partial charge in [-0.3, -0.25) is 14.4 Å². The second-order valence-corrected chi connectivity index (χ2v) is 6.55. The monoisotopic (exact) mass is 418 g/mol. The molecule has 3 aromatic carbocycles. The van der Waals surface area contributed by atoms with Crippen molar-refractivity contribution in [2.45, 2.75) is 6.61 Å². The van der Waals surface area contributed by atoms with Crippen molar-refractivity contribution in [1.82, 2.24) is 5.32 Å². The Morgan fingerprint density at radius 3 is 2.19 bits per heavy atom. The van der Waals surface area contributed by atoms with Crippen LogP contribution < -0.4 is 15.4 Å². The van der Waals surface area contributed by atoms with Crippen LogP contribution in [0.2, 0.25) is 0 Å². The summed E-state index contributed by atoms with van der Waals surface area (Å²) in [7, 11) is 1.25. The molecule has 0 fully saturated rings. The minimum Gasteiger partial charge on any atom is -0.489 e. The summed E-state index contributed by atoms with van der Waals surface area (Å²) in [6.45, 7) is 0.0442. The topological polar surface area (TPSA) is 93.7 Å². The van der Waals surface area contributed by atoms with Gasteiger partial charge in [0.15, 0.2) is 0 Å². The molecule has 0 atom stereocenters. The highest BCUT2D eigenvalue weighted by molar-refractivity contribution is 6.05. The summed E-state index contributed by atoms with van der Waals surface area (Å²) in [5.41, 5.74) is 2.15. The highest BCUT2D eigenvalue weighted by atomic mass is 16.5. The number of amides is 2. The second-order valence-electron chi connectivity index (χ2n) is 6.55. The molecule has 0 radical (unpaired) electrons. The summed E-state index contributed by atoms with van der Waals surface area (Å²) in [5.74, 6) is -0.507. The van der Waals surface area contributed by atoms with Gasteiger partial charge < -0.3 is 20.1 Å². The maximum Gasteiger partial charge on any atom is 0.325 e. The summed E-state index contributed by atoms with van der Waals surface area (Å²) in [6, 6.07) is 22.9. The number of benzene rings is 3. The molecule has 31 heavy (non-hydrogen) atoms. The van der Waals surface area contributed by atoms with E-state index in [0.717, 1.165) is 11.3 Å². The fourth-order valence-corrected chi connectivity index (χ4v) is 2.78. The number of anilines is 1. The van der Waals surface area contributed by atoms with E-state index >= 15 is 0 Å². The Bertz CT molecular complexity index is 1050. The van der Waals surface area contributed by atoms with Crippen molar-refractivity contribution in [2.24, 2.45) is 0 Å². The molecule has 0 aliphatic rings. The number of ether oxygens (including phenoxy) is 2. The van der Waals surface area contributed by atoms with Gasteiger partial charge in [-0.25, -0.2) is 0 Å². The third kappa shape index (κ3) is 6.17. The van der Waals surface area contributed by atoms with Crippen LogP contribution >= 0.6 is 0 Å². The maximum atomic E-state index is 12.8. The first-order chi connectivity index (χ1) is 15.1. The molecule has 3 aromatic rings. The van der Waals surface area contributed by atoms with Crippen molar-refractivity contribution in [3.8, 4) is 5.75 Å². The van der Waals surface area contributed by atoms with Crippen molar-refractivity contribution in [3.05, 3.63) is 95.6 Å². The molecule has 0 saturated carbocycles. The molecule has 0 unspecified atom stereocenters. The summed E-state index contributed by atoms with van der Waals surface area (Å²) < 4.78 is 10.2.